The summed E-state index contributed by atoms with van der Waals surface area (Å²) in [5.41, 5.74) is 2.95. The molecule has 0 bridgehead atoms. The van der Waals surface area contributed by atoms with Crippen molar-refractivity contribution in [3.8, 4) is 11.1 Å². The number of aliphatic hydroxyl groups is 2. The van der Waals surface area contributed by atoms with Gasteiger partial charge in [-0.1, -0.05) is 71.7 Å². The zero-order valence-corrected chi connectivity index (χ0v) is 16.8. The maximum absolute atomic E-state index is 11.2. The lowest BCUT2D eigenvalue weighted by molar-refractivity contribution is 0.205. The molecule has 0 unspecified atom stereocenters. The number of benzene rings is 3. The standard InChI is InChI=1S/C20H17Cl2O5P/c21-17-9-8-16(11-18(17)22)19(23)15-3-1-2-14(10-15)12-4-6-13(7-5-12)20(24)28(25,26)27/h1-11,19-20,23-24H,(H2,25,26,27)/t19-,20-/m0/s1. The second-order valence-electron chi connectivity index (χ2n) is 6.29. The summed E-state index contributed by atoms with van der Waals surface area (Å²) in [4.78, 5) is 18.2. The quantitative estimate of drug-likeness (QED) is 0.424. The second kappa shape index (κ2) is 8.36. The molecule has 4 N–H and O–H groups in total. The zero-order chi connectivity index (χ0) is 20.5. The van der Waals surface area contributed by atoms with E-state index in [-0.39, 0.29) is 5.56 Å². The molecule has 0 heterocycles. The van der Waals surface area contributed by atoms with E-state index in [1.54, 1.807) is 42.5 Å². The smallest absolute Gasteiger partial charge is 0.358 e. The molecule has 0 spiro atoms. The average Bonchev–Trinajstić information content (AvgIpc) is 2.68. The zero-order valence-electron chi connectivity index (χ0n) is 14.4. The van der Waals surface area contributed by atoms with Crippen LogP contribution in [0.3, 0.4) is 0 Å². The molecule has 0 aliphatic heterocycles. The van der Waals surface area contributed by atoms with Crippen molar-refractivity contribution in [2.24, 2.45) is 0 Å². The van der Waals surface area contributed by atoms with Gasteiger partial charge < -0.3 is 20.0 Å². The van der Waals surface area contributed by atoms with E-state index in [0.29, 0.717) is 21.2 Å². The SMILES string of the molecule is O=P(O)(O)[C@H](O)c1ccc(-c2cccc([C@H](O)c3ccc(Cl)c(Cl)c3)c2)cc1. The van der Waals surface area contributed by atoms with Crippen LogP contribution in [-0.4, -0.2) is 20.0 Å². The van der Waals surface area contributed by atoms with Gasteiger partial charge in [0.05, 0.1) is 10.0 Å². The van der Waals surface area contributed by atoms with Crippen LogP contribution in [-0.2, 0) is 4.57 Å². The summed E-state index contributed by atoms with van der Waals surface area (Å²) in [6.45, 7) is 0. The van der Waals surface area contributed by atoms with Crippen molar-refractivity contribution >= 4 is 30.8 Å². The van der Waals surface area contributed by atoms with Crippen LogP contribution in [0.15, 0.2) is 66.7 Å². The summed E-state index contributed by atoms with van der Waals surface area (Å²) in [5, 5.41) is 21.1. The Bertz CT molecular complexity index is 1030. The minimum absolute atomic E-state index is 0.129. The van der Waals surface area contributed by atoms with Crippen molar-refractivity contribution in [1.29, 1.82) is 0 Å². The van der Waals surface area contributed by atoms with Crippen LogP contribution in [0.1, 0.15) is 28.6 Å². The lowest BCUT2D eigenvalue weighted by atomic mass is 9.96. The molecule has 0 saturated carbocycles. The number of hydrogen-bond donors (Lipinski definition) is 4. The van der Waals surface area contributed by atoms with Crippen molar-refractivity contribution in [2.45, 2.75) is 11.9 Å². The third-order valence-electron chi connectivity index (χ3n) is 4.32. The number of rotatable bonds is 5. The van der Waals surface area contributed by atoms with Crippen LogP contribution in [0.2, 0.25) is 10.0 Å². The molecule has 0 aliphatic carbocycles. The summed E-state index contributed by atoms with van der Waals surface area (Å²) in [6, 6.07) is 18.4. The van der Waals surface area contributed by atoms with Crippen molar-refractivity contribution < 1.29 is 24.6 Å². The maximum atomic E-state index is 11.2. The highest BCUT2D eigenvalue weighted by atomic mass is 35.5. The summed E-state index contributed by atoms with van der Waals surface area (Å²) >= 11 is 11.9. The Hall–Kier alpha value is -1.69. The summed E-state index contributed by atoms with van der Waals surface area (Å²) < 4.78 is 11.2. The molecule has 3 aromatic rings. The third kappa shape index (κ3) is 4.65. The second-order valence-corrected chi connectivity index (χ2v) is 8.77. The van der Waals surface area contributed by atoms with E-state index < -0.39 is 19.5 Å². The van der Waals surface area contributed by atoms with Crippen LogP contribution < -0.4 is 0 Å². The number of aliphatic hydroxyl groups excluding tert-OH is 2. The normalized spacial score (nSPS) is 13.9. The first kappa shape index (κ1) is 21.0. The van der Waals surface area contributed by atoms with Crippen molar-refractivity contribution in [3.63, 3.8) is 0 Å². The molecule has 0 saturated heterocycles. The highest BCUT2D eigenvalue weighted by Crippen LogP contribution is 2.49. The Labute approximate surface area is 172 Å². The summed E-state index contributed by atoms with van der Waals surface area (Å²) in [5.74, 6) is -1.86. The molecule has 0 amide bonds. The highest BCUT2D eigenvalue weighted by Gasteiger charge is 2.27. The maximum Gasteiger partial charge on any atom is 0.358 e. The van der Waals surface area contributed by atoms with Gasteiger partial charge in [0.15, 0.2) is 5.85 Å². The fourth-order valence-corrected chi connectivity index (χ4v) is 3.67. The van der Waals surface area contributed by atoms with Gasteiger partial charge in [-0.05, 0) is 46.0 Å². The molecule has 28 heavy (non-hydrogen) atoms. The van der Waals surface area contributed by atoms with Gasteiger partial charge in [0.2, 0.25) is 0 Å². The van der Waals surface area contributed by atoms with Gasteiger partial charge in [-0.3, -0.25) is 4.57 Å². The van der Waals surface area contributed by atoms with Crippen LogP contribution >= 0.6 is 30.8 Å². The Morgan fingerprint density at radius 1 is 0.714 bits per heavy atom. The molecule has 0 fully saturated rings. The Morgan fingerprint density at radius 2 is 1.32 bits per heavy atom. The Balaban J connectivity index is 1.89. The van der Waals surface area contributed by atoms with E-state index in [1.165, 1.54) is 12.1 Å². The van der Waals surface area contributed by atoms with Gasteiger partial charge in [-0.25, -0.2) is 0 Å². The highest BCUT2D eigenvalue weighted by molar-refractivity contribution is 7.51. The van der Waals surface area contributed by atoms with E-state index >= 15 is 0 Å². The predicted molar refractivity (Wildman–Crippen MR) is 109 cm³/mol. The van der Waals surface area contributed by atoms with E-state index in [2.05, 4.69) is 0 Å². The van der Waals surface area contributed by atoms with E-state index in [9.17, 15) is 14.8 Å². The number of halogens is 2. The molecule has 3 rings (SSSR count). The average molecular weight is 439 g/mol. The molecule has 8 heteroatoms. The topological polar surface area (TPSA) is 98.0 Å². The molecular formula is C20H17Cl2O5P. The lowest BCUT2D eigenvalue weighted by Gasteiger charge is -2.15. The van der Waals surface area contributed by atoms with Crippen LogP contribution in [0.4, 0.5) is 0 Å². The van der Waals surface area contributed by atoms with Crippen LogP contribution in [0.25, 0.3) is 11.1 Å². The van der Waals surface area contributed by atoms with Gasteiger partial charge in [0.25, 0.3) is 0 Å². The fourth-order valence-electron chi connectivity index (χ4n) is 2.81. The molecule has 5 nitrogen and oxygen atoms in total. The van der Waals surface area contributed by atoms with Crippen molar-refractivity contribution in [3.05, 3.63) is 93.5 Å². The van der Waals surface area contributed by atoms with E-state index in [4.69, 9.17) is 33.0 Å². The Kier molecular flexibility index (Phi) is 6.28. The minimum atomic E-state index is -4.63. The third-order valence-corrected chi connectivity index (χ3v) is 6.00. The largest absolute Gasteiger partial charge is 0.384 e. The minimum Gasteiger partial charge on any atom is -0.384 e. The monoisotopic (exact) mass is 438 g/mol. The summed E-state index contributed by atoms with van der Waals surface area (Å²) in [6.07, 6.45) is -0.898. The fraction of sp³-hybridized carbons (Fsp3) is 0.100. The van der Waals surface area contributed by atoms with Crippen molar-refractivity contribution in [2.75, 3.05) is 0 Å². The van der Waals surface area contributed by atoms with Crippen LogP contribution in [0.5, 0.6) is 0 Å². The van der Waals surface area contributed by atoms with Gasteiger partial charge in [0.1, 0.15) is 6.10 Å². The van der Waals surface area contributed by atoms with Gasteiger partial charge in [0, 0.05) is 0 Å². The van der Waals surface area contributed by atoms with Crippen LogP contribution in [0, 0.1) is 0 Å². The molecule has 2 atom stereocenters. The van der Waals surface area contributed by atoms with Gasteiger partial charge in [-0.2, -0.15) is 0 Å². The molecule has 146 valence electrons. The number of hydrogen-bond acceptors (Lipinski definition) is 3. The first-order valence-corrected chi connectivity index (χ1v) is 10.7. The molecular weight excluding hydrogens is 422 g/mol. The van der Waals surface area contributed by atoms with Gasteiger partial charge in [-0.15, -0.1) is 0 Å². The summed E-state index contributed by atoms with van der Waals surface area (Å²) in [7, 11) is -4.63. The molecule has 0 aromatic heterocycles. The predicted octanol–water partition coefficient (Wildman–Crippen LogP) is 4.91. The van der Waals surface area contributed by atoms with Crippen molar-refractivity contribution in [1.82, 2.24) is 0 Å². The molecule has 0 aliphatic rings. The van der Waals surface area contributed by atoms with Gasteiger partial charge >= 0.3 is 7.60 Å². The lowest BCUT2D eigenvalue weighted by Crippen LogP contribution is -2.00. The Morgan fingerprint density at radius 3 is 1.93 bits per heavy atom. The first-order chi connectivity index (χ1) is 13.2. The molecule has 3 aromatic carbocycles. The molecule has 0 radical (unpaired) electrons. The van der Waals surface area contributed by atoms with E-state index in [1.807, 2.05) is 12.1 Å². The van der Waals surface area contributed by atoms with E-state index in [0.717, 1.165) is 11.1 Å². The first-order valence-electron chi connectivity index (χ1n) is 8.23.